The molecular formula is C17H23N5O. The third-order valence-corrected chi connectivity index (χ3v) is 4.40. The lowest BCUT2D eigenvalue weighted by atomic mass is 9.98. The van der Waals surface area contributed by atoms with Crippen molar-refractivity contribution in [2.75, 3.05) is 18.4 Å². The number of carbonyl (C=O) groups is 1. The number of benzene rings is 1. The van der Waals surface area contributed by atoms with Gasteiger partial charge in [0.2, 0.25) is 0 Å². The zero-order chi connectivity index (χ0) is 16.1. The molecule has 2 aromatic rings. The number of urea groups is 1. The first kappa shape index (κ1) is 15.6. The average Bonchev–Trinajstić information content (AvgIpc) is 3.08. The third kappa shape index (κ3) is 3.90. The Kier molecular flexibility index (Phi) is 4.92. The second-order valence-corrected chi connectivity index (χ2v) is 5.87. The van der Waals surface area contributed by atoms with Crippen LogP contribution in [0.5, 0.6) is 0 Å². The Morgan fingerprint density at radius 2 is 2.22 bits per heavy atom. The van der Waals surface area contributed by atoms with Crippen molar-refractivity contribution < 1.29 is 4.79 Å². The van der Waals surface area contributed by atoms with Crippen molar-refractivity contribution in [1.82, 2.24) is 20.4 Å². The molecule has 2 heterocycles. The molecule has 0 saturated carbocycles. The number of amides is 2. The number of aromatic nitrogens is 2. The minimum atomic E-state index is -0.192. The molecule has 1 unspecified atom stereocenters. The van der Waals surface area contributed by atoms with Gasteiger partial charge in [0, 0.05) is 31.9 Å². The van der Waals surface area contributed by atoms with Gasteiger partial charge in [-0.25, -0.2) is 4.79 Å². The van der Waals surface area contributed by atoms with E-state index in [1.54, 1.807) is 12.4 Å². The van der Waals surface area contributed by atoms with E-state index in [4.69, 9.17) is 0 Å². The number of nitrogens with one attached hydrogen (secondary N) is 3. The molecular weight excluding hydrogens is 290 g/mol. The smallest absolute Gasteiger partial charge is 0.319 e. The van der Waals surface area contributed by atoms with Crippen molar-refractivity contribution in [3.05, 3.63) is 47.8 Å². The first-order chi connectivity index (χ1) is 11.3. The van der Waals surface area contributed by atoms with Gasteiger partial charge in [0.05, 0.1) is 11.9 Å². The van der Waals surface area contributed by atoms with E-state index < -0.39 is 0 Å². The number of H-pyrrole nitrogens is 1. The summed E-state index contributed by atoms with van der Waals surface area (Å²) in [5.41, 5.74) is 3.52. The van der Waals surface area contributed by atoms with E-state index in [0.717, 1.165) is 25.9 Å². The van der Waals surface area contributed by atoms with Crippen LogP contribution in [0.25, 0.3) is 0 Å². The van der Waals surface area contributed by atoms with Crippen LogP contribution < -0.4 is 10.6 Å². The summed E-state index contributed by atoms with van der Waals surface area (Å²) < 4.78 is 0. The maximum absolute atomic E-state index is 11.9. The summed E-state index contributed by atoms with van der Waals surface area (Å²) in [5.74, 6) is 0. The van der Waals surface area contributed by atoms with Crippen molar-refractivity contribution in [2.24, 2.45) is 0 Å². The first-order valence-corrected chi connectivity index (χ1v) is 8.10. The largest absolute Gasteiger partial charge is 0.336 e. The number of fused-ring (bicyclic) bond motifs is 1. The summed E-state index contributed by atoms with van der Waals surface area (Å²) in [7, 11) is 0. The van der Waals surface area contributed by atoms with Gasteiger partial charge in [0.25, 0.3) is 0 Å². The van der Waals surface area contributed by atoms with Crippen LogP contribution >= 0.6 is 0 Å². The molecule has 2 amide bonds. The summed E-state index contributed by atoms with van der Waals surface area (Å²) in [6.45, 7) is 4.81. The maximum atomic E-state index is 11.9. The molecule has 0 saturated heterocycles. The van der Waals surface area contributed by atoms with Crippen molar-refractivity contribution >= 4 is 11.7 Å². The molecule has 0 aliphatic carbocycles. The highest BCUT2D eigenvalue weighted by Gasteiger charge is 2.22. The summed E-state index contributed by atoms with van der Waals surface area (Å²) >= 11 is 0. The van der Waals surface area contributed by atoms with Gasteiger partial charge in [-0.05, 0) is 24.0 Å². The number of nitrogens with zero attached hydrogens (tertiary/aromatic N) is 2. The van der Waals surface area contributed by atoms with Gasteiger partial charge in [-0.15, -0.1) is 0 Å². The van der Waals surface area contributed by atoms with E-state index in [9.17, 15) is 4.79 Å². The molecule has 0 fully saturated rings. The molecule has 1 aromatic heterocycles. The standard InChI is InChI=1S/C17H23N5O/c1-2-16(11-18-17(23)21-15-9-19-20-10-15)22-8-7-13-5-3-4-6-14(13)12-22/h3-6,9-10,16H,2,7-8,11-12H2,1H3,(H,19,20)(H2,18,21,23). The zero-order valence-electron chi connectivity index (χ0n) is 13.4. The number of hydrogen-bond donors (Lipinski definition) is 3. The van der Waals surface area contributed by atoms with Gasteiger partial charge in [-0.2, -0.15) is 5.10 Å². The number of hydrogen-bond acceptors (Lipinski definition) is 3. The average molecular weight is 313 g/mol. The first-order valence-electron chi connectivity index (χ1n) is 8.10. The SMILES string of the molecule is CCC(CNC(=O)Nc1cn[nH]c1)N1CCc2ccccc2C1. The Morgan fingerprint density at radius 3 is 2.96 bits per heavy atom. The molecule has 0 spiro atoms. The lowest BCUT2D eigenvalue weighted by Crippen LogP contribution is -2.46. The molecule has 0 radical (unpaired) electrons. The highest BCUT2D eigenvalue weighted by atomic mass is 16.2. The topological polar surface area (TPSA) is 73.0 Å². The van der Waals surface area contributed by atoms with Crippen molar-refractivity contribution in [1.29, 1.82) is 0 Å². The predicted octanol–water partition coefficient (Wildman–Crippen LogP) is 2.37. The lowest BCUT2D eigenvalue weighted by Gasteiger charge is -2.35. The zero-order valence-corrected chi connectivity index (χ0v) is 13.4. The molecule has 6 nitrogen and oxygen atoms in total. The van der Waals surface area contributed by atoms with Crippen LogP contribution in [0.15, 0.2) is 36.7 Å². The van der Waals surface area contributed by atoms with Gasteiger partial charge in [0.15, 0.2) is 0 Å². The fraction of sp³-hybridized carbons (Fsp3) is 0.412. The Morgan fingerprint density at radius 1 is 1.39 bits per heavy atom. The minimum absolute atomic E-state index is 0.192. The molecule has 6 heteroatoms. The fourth-order valence-electron chi connectivity index (χ4n) is 3.07. The molecule has 1 aliphatic heterocycles. The number of rotatable bonds is 5. The van der Waals surface area contributed by atoms with Gasteiger partial charge in [-0.3, -0.25) is 10.00 Å². The van der Waals surface area contributed by atoms with Crippen LogP contribution in [0, 0.1) is 0 Å². The van der Waals surface area contributed by atoms with Crippen molar-refractivity contribution in [3.8, 4) is 0 Å². The van der Waals surface area contributed by atoms with Gasteiger partial charge in [0.1, 0.15) is 0 Å². The number of aromatic amines is 1. The van der Waals surface area contributed by atoms with Crippen LogP contribution in [-0.2, 0) is 13.0 Å². The Bertz CT molecular complexity index is 640. The molecule has 122 valence electrons. The Hall–Kier alpha value is -2.34. The van der Waals surface area contributed by atoms with E-state index in [1.807, 2.05) is 0 Å². The maximum Gasteiger partial charge on any atom is 0.319 e. The van der Waals surface area contributed by atoms with E-state index in [0.29, 0.717) is 18.3 Å². The Labute approximate surface area is 136 Å². The number of carbonyl (C=O) groups excluding carboxylic acids is 1. The lowest BCUT2D eigenvalue weighted by molar-refractivity contribution is 0.170. The summed E-state index contributed by atoms with van der Waals surface area (Å²) in [6.07, 6.45) is 5.32. The van der Waals surface area contributed by atoms with Crippen LogP contribution in [0.3, 0.4) is 0 Å². The molecule has 3 rings (SSSR count). The highest BCUT2D eigenvalue weighted by Crippen LogP contribution is 2.21. The summed E-state index contributed by atoms with van der Waals surface area (Å²) in [6, 6.07) is 8.77. The van der Waals surface area contributed by atoms with E-state index in [-0.39, 0.29) is 6.03 Å². The van der Waals surface area contributed by atoms with E-state index in [2.05, 4.69) is 56.9 Å². The molecule has 1 atom stereocenters. The van der Waals surface area contributed by atoms with E-state index >= 15 is 0 Å². The van der Waals surface area contributed by atoms with Crippen LogP contribution in [-0.4, -0.2) is 40.3 Å². The second kappa shape index (κ2) is 7.28. The second-order valence-electron chi connectivity index (χ2n) is 5.87. The van der Waals surface area contributed by atoms with Crippen LogP contribution in [0.1, 0.15) is 24.5 Å². The quantitative estimate of drug-likeness (QED) is 0.793. The molecule has 1 aromatic carbocycles. The van der Waals surface area contributed by atoms with E-state index in [1.165, 1.54) is 11.1 Å². The number of anilines is 1. The molecule has 0 bridgehead atoms. The predicted molar refractivity (Wildman–Crippen MR) is 90.2 cm³/mol. The normalized spacial score (nSPS) is 15.7. The van der Waals surface area contributed by atoms with Crippen molar-refractivity contribution in [3.63, 3.8) is 0 Å². The molecule has 3 N–H and O–H groups in total. The monoisotopic (exact) mass is 313 g/mol. The highest BCUT2D eigenvalue weighted by molar-refractivity contribution is 5.88. The van der Waals surface area contributed by atoms with Gasteiger partial charge in [-0.1, -0.05) is 31.2 Å². The van der Waals surface area contributed by atoms with Gasteiger partial charge < -0.3 is 10.6 Å². The third-order valence-electron chi connectivity index (χ3n) is 4.40. The Balaban J connectivity index is 1.53. The van der Waals surface area contributed by atoms with Gasteiger partial charge >= 0.3 is 6.03 Å². The summed E-state index contributed by atoms with van der Waals surface area (Å²) in [4.78, 5) is 14.4. The fourth-order valence-corrected chi connectivity index (χ4v) is 3.07. The minimum Gasteiger partial charge on any atom is -0.336 e. The van der Waals surface area contributed by atoms with Crippen LogP contribution in [0.4, 0.5) is 10.5 Å². The molecule has 1 aliphatic rings. The van der Waals surface area contributed by atoms with Crippen molar-refractivity contribution in [2.45, 2.75) is 32.4 Å². The van der Waals surface area contributed by atoms with Crippen LogP contribution in [0.2, 0.25) is 0 Å². The summed E-state index contributed by atoms with van der Waals surface area (Å²) in [5, 5.41) is 12.2. The molecule has 23 heavy (non-hydrogen) atoms.